The van der Waals surface area contributed by atoms with Crippen LogP contribution in [0.15, 0.2) is 54.9 Å². The van der Waals surface area contributed by atoms with Crippen LogP contribution in [-0.4, -0.2) is 67.8 Å². The zero-order valence-corrected chi connectivity index (χ0v) is 27.0. The van der Waals surface area contributed by atoms with Crippen LogP contribution in [0.4, 0.5) is 10.6 Å². The number of hydrogen-bond acceptors (Lipinski definition) is 8. The van der Waals surface area contributed by atoms with Crippen molar-refractivity contribution >= 4 is 29.0 Å². The standard InChI is InChI=1S/C37H39N7O4/c1-22(32-27-10-4-2-8-25(27)26-9-3-5-11-28(26)32)47-37(46)43-19-17-23(18-20-43)7-6-12-30-41-34(38)33-35(42-30)44(21-39-33)31-16-15-29(48-31)36(45)40-24-13-14-24/h2-5,8-11,21-24,29,31-32H,7,13-20H2,1H3,(H,40,45)(H2,38,41,42). The molecule has 2 aromatic heterocycles. The number of nitrogens with two attached hydrogens (primary N) is 1. The van der Waals surface area contributed by atoms with Gasteiger partial charge in [0.15, 0.2) is 11.5 Å². The topological polar surface area (TPSA) is 137 Å². The number of piperidine rings is 1. The molecule has 246 valence electrons. The molecule has 3 atom stereocenters. The molecule has 2 aliphatic carbocycles. The van der Waals surface area contributed by atoms with Gasteiger partial charge in [-0.05, 0) is 79.5 Å². The minimum Gasteiger partial charge on any atom is -0.445 e. The number of amides is 2. The Labute approximate surface area is 279 Å². The number of hydrogen-bond donors (Lipinski definition) is 2. The Bertz CT molecular complexity index is 1890. The van der Waals surface area contributed by atoms with Crippen molar-refractivity contribution in [1.29, 1.82) is 0 Å². The summed E-state index contributed by atoms with van der Waals surface area (Å²) in [6.07, 6.45) is 5.99. The third-order valence-electron chi connectivity index (χ3n) is 10.1. The molecule has 1 saturated carbocycles. The maximum Gasteiger partial charge on any atom is 0.410 e. The molecule has 11 nitrogen and oxygen atoms in total. The number of nitrogens with zero attached hydrogens (tertiary/aromatic N) is 5. The van der Waals surface area contributed by atoms with Crippen molar-refractivity contribution in [2.24, 2.45) is 5.92 Å². The highest BCUT2D eigenvalue weighted by Gasteiger charge is 2.37. The van der Waals surface area contributed by atoms with Crippen molar-refractivity contribution in [3.05, 3.63) is 71.8 Å². The van der Waals surface area contributed by atoms with E-state index in [9.17, 15) is 9.59 Å². The number of imidazole rings is 1. The Hall–Kier alpha value is -4.95. The number of anilines is 1. The third-order valence-corrected chi connectivity index (χ3v) is 10.1. The molecule has 2 aromatic carbocycles. The van der Waals surface area contributed by atoms with E-state index in [2.05, 4.69) is 68.5 Å². The molecule has 0 spiro atoms. The van der Waals surface area contributed by atoms with E-state index in [0.717, 1.165) is 25.7 Å². The molecule has 48 heavy (non-hydrogen) atoms. The fourth-order valence-electron chi connectivity index (χ4n) is 7.34. The minimum atomic E-state index is -0.481. The normalized spacial score (nSPS) is 21.3. The van der Waals surface area contributed by atoms with Crippen LogP contribution >= 0.6 is 0 Å². The lowest BCUT2D eigenvalue weighted by Gasteiger charge is -2.32. The van der Waals surface area contributed by atoms with Crippen LogP contribution in [0.3, 0.4) is 0 Å². The minimum absolute atomic E-state index is 0.0179. The molecule has 3 unspecified atom stereocenters. The number of carbonyl (C=O) groups is 2. The number of nitrogen functional groups attached to an aromatic ring is 1. The average Bonchev–Trinajstić information content (AvgIpc) is 3.46. The molecule has 3 N–H and O–H groups in total. The molecule has 4 heterocycles. The molecule has 2 aliphatic heterocycles. The van der Waals surface area contributed by atoms with Crippen molar-refractivity contribution in [3.63, 3.8) is 0 Å². The summed E-state index contributed by atoms with van der Waals surface area (Å²) in [4.78, 5) is 41.0. The molecule has 8 rings (SSSR count). The first-order valence-electron chi connectivity index (χ1n) is 17.0. The maximum atomic E-state index is 13.2. The number of nitrogens with one attached hydrogen (secondary N) is 1. The first kappa shape index (κ1) is 30.4. The van der Waals surface area contributed by atoms with Gasteiger partial charge in [0.2, 0.25) is 11.7 Å². The van der Waals surface area contributed by atoms with Crippen molar-refractivity contribution in [2.45, 2.75) is 82.3 Å². The lowest BCUT2D eigenvalue weighted by atomic mass is 9.92. The Morgan fingerprint density at radius 3 is 2.42 bits per heavy atom. The van der Waals surface area contributed by atoms with E-state index in [1.165, 1.54) is 22.3 Å². The van der Waals surface area contributed by atoms with Crippen LogP contribution in [0, 0.1) is 17.8 Å². The fourth-order valence-corrected chi connectivity index (χ4v) is 7.34. The van der Waals surface area contributed by atoms with Gasteiger partial charge in [0.25, 0.3) is 0 Å². The number of likely N-dealkylation sites (tertiary alicyclic amines) is 1. The van der Waals surface area contributed by atoms with Crippen molar-refractivity contribution < 1.29 is 19.1 Å². The number of benzene rings is 2. The van der Waals surface area contributed by atoms with Crippen molar-refractivity contribution in [3.8, 4) is 23.0 Å². The molecule has 2 saturated heterocycles. The molecule has 4 aliphatic rings. The van der Waals surface area contributed by atoms with Gasteiger partial charge < -0.3 is 25.4 Å². The summed E-state index contributed by atoms with van der Waals surface area (Å²) in [7, 11) is 0. The summed E-state index contributed by atoms with van der Waals surface area (Å²) in [6, 6.07) is 17.1. The fraction of sp³-hybridized carbons (Fsp3) is 0.432. The first-order chi connectivity index (χ1) is 23.4. The summed E-state index contributed by atoms with van der Waals surface area (Å²) in [6.45, 7) is 3.26. The van der Waals surface area contributed by atoms with Crippen LogP contribution < -0.4 is 11.1 Å². The van der Waals surface area contributed by atoms with E-state index < -0.39 is 6.10 Å². The number of fused-ring (bicyclic) bond motifs is 4. The lowest BCUT2D eigenvalue weighted by Crippen LogP contribution is -2.40. The zero-order valence-electron chi connectivity index (χ0n) is 27.0. The average molecular weight is 646 g/mol. The summed E-state index contributed by atoms with van der Waals surface area (Å²) >= 11 is 0. The molecule has 0 bridgehead atoms. The van der Waals surface area contributed by atoms with Gasteiger partial charge in [-0.2, -0.15) is 0 Å². The molecule has 4 aromatic rings. The summed E-state index contributed by atoms with van der Waals surface area (Å²) in [5.41, 5.74) is 12.1. The molecule has 0 radical (unpaired) electrons. The van der Waals surface area contributed by atoms with Crippen LogP contribution in [0.25, 0.3) is 22.3 Å². The van der Waals surface area contributed by atoms with Crippen molar-refractivity contribution in [2.75, 3.05) is 18.8 Å². The number of aromatic nitrogens is 4. The number of carbonyl (C=O) groups excluding carboxylic acids is 2. The quantitative estimate of drug-likeness (QED) is 0.275. The second kappa shape index (κ2) is 12.6. The second-order valence-electron chi connectivity index (χ2n) is 13.4. The molecule has 2 amide bonds. The Morgan fingerprint density at radius 2 is 1.71 bits per heavy atom. The summed E-state index contributed by atoms with van der Waals surface area (Å²) in [5.74, 6) is 7.24. The monoisotopic (exact) mass is 645 g/mol. The molecular formula is C37H39N7O4. The van der Waals surface area contributed by atoms with Gasteiger partial charge in [-0.1, -0.05) is 54.5 Å². The largest absolute Gasteiger partial charge is 0.445 e. The van der Waals surface area contributed by atoms with E-state index in [-0.39, 0.29) is 36.1 Å². The van der Waals surface area contributed by atoms with E-state index >= 15 is 0 Å². The van der Waals surface area contributed by atoms with Gasteiger partial charge in [0, 0.05) is 31.5 Å². The highest BCUT2D eigenvalue weighted by Crippen LogP contribution is 2.46. The molecular weight excluding hydrogens is 606 g/mol. The van der Waals surface area contributed by atoms with E-state index in [4.69, 9.17) is 15.2 Å². The molecule has 11 heteroatoms. The second-order valence-corrected chi connectivity index (χ2v) is 13.4. The van der Waals surface area contributed by atoms with Gasteiger partial charge >= 0.3 is 6.09 Å². The predicted octanol–water partition coefficient (Wildman–Crippen LogP) is 5.16. The van der Waals surface area contributed by atoms with Crippen molar-refractivity contribution in [1.82, 2.24) is 29.7 Å². The van der Waals surface area contributed by atoms with E-state index in [0.29, 0.717) is 61.3 Å². The Balaban J connectivity index is 0.862. The Morgan fingerprint density at radius 1 is 1.00 bits per heavy atom. The maximum absolute atomic E-state index is 13.2. The van der Waals surface area contributed by atoms with Crippen LogP contribution in [-0.2, 0) is 14.3 Å². The van der Waals surface area contributed by atoms with Crippen LogP contribution in [0.2, 0.25) is 0 Å². The highest BCUT2D eigenvalue weighted by molar-refractivity contribution is 5.83. The van der Waals surface area contributed by atoms with E-state index in [1.54, 1.807) is 6.33 Å². The highest BCUT2D eigenvalue weighted by atomic mass is 16.6. The zero-order chi connectivity index (χ0) is 32.8. The van der Waals surface area contributed by atoms with Crippen LogP contribution in [0.1, 0.15) is 81.0 Å². The summed E-state index contributed by atoms with van der Waals surface area (Å²) in [5, 5.41) is 3.02. The number of rotatable bonds is 6. The summed E-state index contributed by atoms with van der Waals surface area (Å²) < 4.78 is 14.0. The number of ether oxygens (including phenoxy) is 2. The van der Waals surface area contributed by atoms with E-state index in [1.807, 2.05) is 28.5 Å². The third kappa shape index (κ3) is 5.85. The smallest absolute Gasteiger partial charge is 0.410 e. The predicted molar refractivity (Wildman–Crippen MR) is 180 cm³/mol. The van der Waals surface area contributed by atoms with Gasteiger partial charge in [0.1, 0.15) is 24.0 Å². The van der Waals surface area contributed by atoms with Gasteiger partial charge in [0.05, 0.1) is 6.33 Å². The lowest BCUT2D eigenvalue weighted by molar-refractivity contribution is -0.134. The first-order valence-corrected chi connectivity index (χ1v) is 17.0. The van der Waals surface area contributed by atoms with Crippen LogP contribution in [0.5, 0.6) is 0 Å². The molecule has 3 fully saturated rings. The SMILES string of the molecule is CC(OC(=O)N1CCC(CC#Cc2nc(N)c3ncn(C4CCC(C(=O)NC5CC5)O4)c3n2)CC1)C1c2ccccc2-c2ccccc21. The van der Waals surface area contributed by atoms with Gasteiger partial charge in [-0.25, -0.2) is 19.7 Å². The van der Waals surface area contributed by atoms with Gasteiger partial charge in [-0.15, -0.1) is 0 Å². The Kier molecular flexibility index (Phi) is 7.96. The van der Waals surface area contributed by atoms with Gasteiger partial charge in [-0.3, -0.25) is 9.36 Å².